The fraction of sp³-hybridized carbons (Fsp3) is 0.280. The van der Waals surface area contributed by atoms with Crippen LogP contribution >= 0.6 is 0 Å². The number of benzene rings is 2. The van der Waals surface area contributed by atoms with Crippen LogP contribution in [0.3, 0.4) is 0 Å². The van der Waals surface area contributed by atoms with E-state index in [1.54, 1.807) is 6.20 Å². The first kappa shape index (κ1) is 22.3. The summed E-state index contributed by atoms with van der Waals surface area (Å²) < 4.78 is 56.1. The third kappa shape index (κ3) is 4.35. The van der Waals surface area contributed by atoms with E-state index in [1.165, 1.54) is 35.7 Å². The van der Waals surface area contributed by atoms with Crippen molar-refractivity contribution in [3.63, 3.8) is 0 Å². The third-order valence-corrected chi connectivity index (χ3v) is 6.26. The van der Waals surface area contributed by atoms with Crippen molar-refractivity contribution in [3.05, 3.63) is 82.7 Å². The maximum absolute atomic E-state index is 14.3. The zero-order valence-corrected chi connectivity index (χ0v) is 18.2. The zero-order chi connectivity index (χ0) is 23.9. The van der Waals surface area contributed by atoms with Crippen molar-refractivity contribution in [1.29, 1.82) is 0 Å². The van der Waals surface area contributed by atoms with Crippen LogP contribution < -0.4 is 5.56 Å². The van der Waals surface area contributed by atoms with Gasteiger partial charge in [-0.2, -0.15) is 18.3 Å². The lowest BCUT2D eigenvalue weighted by atomic mass is 10.0. The lowest BCUT2D eigenvalue weighted by Gasteiger charge is -2.14. The number of aromatic nitrogens is 3. The van der Waals surface area contributed by atoms with Crippen LogP contribution in [0.2, 0.25) is 0 Å². The van der Waals surface area contributed by atoms with E-state index in [1.807, 2.05) is 22.9 Å². The summed E-state index contributed by atoms with van der Waals surface area (Å²) in [7, 11) is 0. The molecule has 9 heteroatoms. The molecule has 0 radical (unpaired) electrons. The minimum atomic E-state index is -4.64. The maximum Gasteiger partial charge on any atom is 0.416 e. The Morgan fingerprint density at radius 1 is 0.941 bits per heavy atom. The minimum absolute atomic E-state index is 0.0630. The Balaban J connectivity index is 1.40. The molecule has 1 aliphatic rings. The summed E-state index contributed by atoms with van der Waals surface area (Å²) in [5, 5.41) is 5.37. The lowest BCUT2D eigenvalue weighted by molar-refractivity contribution is -0.137. The van der Waals surface area contributed by atoms with Crippen LogP contribution in [0.15, 0.2) is 65.7 Å². The highest BCUT2D eigenvalue weighted by molar-refractivity contribution is 5.81. The molecule has 0 amide bonds. The molecule has 2 aromatic heterocycles. The molecule has 1 aliphatic heterocycles. The molecule has 2 aromatic carbocycles. The van der Waals surface area contributed by atoms with Crippen molar-refractivity contribution >= 4 is 10.9 Å². The van der Waals surface area contributed by atoms with Crippen molar-refractivity contribution in [2.24, 2.45) is 0 Å². The van der Waals surface area contributed by atoms with E-state index in [9.17, 15) is 22.4 Å². The molecule has 0 N–H and O–H groups in total. The molecule has 5 rings (SSSR count). The normalized spacial score (nSPS) is 14.8. The molecule has 3 heterocycles. The minimum Gasteiger partial charge on any atom is -0.301 e. The highest BCUT2D eigenvalue weighted by atomic mass is 19.4. The molecule has 4 aromatic rings. The number of pyridine rings is 1. The summed E-state index contributed by atoms with van der Waals surface area (Å²) in [5.41, 5.74) is 0.250. The topological polar surface area (TPSA) is 43.1 Å². The standard InChI is InChI=1S/C25H22F4N4O/c26-22-15-19(25(27,28)29)3-5-21(22)17-7-10-32(24(34)14-17)20-4-6-23-18(13-20)16-30-33(23)12-11-31-8-1-2-9-31/h3-7,10,13-16H,1-2,8-9,11-12H2. The fourth-order valence-electron chi connectivity index (χ4n) is 4.43. The number of hydrogen-bond donors (Lipinski definition) is 0. The first-order valence-electron chi connectivity index (χ1n) is 11.1. The molecule has 0 bridgehead atoms. The van der Waals surface area contributed by atoms with Gasteiger partial charge in [0, 0.05) is 35.4 Å². The Bertz CT molecular complexity index is 1400. The first-order chi connectivity index (χ1) is 16.3. The van der Waals surface area contributed by atoms with Gasteiger partial charge in [0.25, 0.3) is 5.56 Å². The summed E-state index contributed by atoms with van der Waals surface area (Å²) in [6.45, 7) is 3.98. The summed E-state index contributed by atoms with van der Waals surface area (Å²) in [4.78, 5) is 15.2. The van der Waals surface area contributed by atoms with Gasteiger partial charge in [0.1, 0.15) is 5.82 Å². The van der Waals surface area contributed by atoms with Crippen LogP contribution in [-0.2, 0) is 12.7 Å². The van der Waals surface area contributed by atoms with E-state index in [0.29, 0.717) is 11.8 Å². The van der Waals surface area contributed by atoms with Crippen LogP contribution in [0.4, 0.5) is 17.6 Å². The molecule has 1 saturated heterocycles. The number of likely N-dealkylation sites (tertiary alicyclic amines) is 1. The average Bonchev–Trinajstić information content (AvgIpc) is 3.46. The number of nitrogens with zero attached hydrogens (tertiary/aromatic N) is 4. The second-order valence-electron chi connectivity index (χ2n) is 8.48. The van der Waals surface area contributed by atoms with Crippen LogP contribution in [0.1, 0.15) is 18.4 Å². The van der Waals surface area contributed by atoms with E-state index in [4.69, 9.17) is 0 Å². The van der Waals surface area contributed by atoms with Crippen molar-refractivity contribution < 1.29 is 17.6 Å². The Kier molecular flexibility index (Phi) is 5.73. The average molecular weight is 470 g/mol. The lowest BCUT2D eigenvalue weighted by Crippen LogP contribution is -2.24. The quantitative estimate of drug-likeness (QED) is 0.381. The molecule has 0 spiro atoms. The predicted molar refractivity (Wildman–Crippen MR) is 121 cm³/mol. The van der Waals surface area contributed by atoms with Gasteiger partial charge in [-0.15, -0.1) is 0 Å². The van der Waals surface area contributed by atoms with Gasteiger partial charge in [-0.3, -0.25) is 14.0 Å². The Morgan fingerprint density at radius 2 is 1.74 bits per heavy atom. The number of rotatable bonds is 5. The Hall–Kier alpha value is -3.46. The summed E-state index contributed by atoms with van der Waals surface area (Å²) in [6, 6.07) is 10.6. The zero-order valence-electron chi connectivity index (χ0n) is 18.2. The SMILES string of the molecule is O=c1cc(-c2ccc(C(F)(F)F)cc2F)ccn1-c1ccc2c(cnn2CCN2CCCC2)c1. The van der Waals surface area contributed by atoms with Gasteiger partial charge < -0.3 is 4.90 Å². The van der Waals surface area contributed by atoms with Gasteiger partial charge in [0.05, 0.1) is 23.8 Å². The Labute approximate surface area is 192 Å². The molecule has 5 nitrogen and oxygen atoms in total. The predicted octanol–water partition coefficient (Wildman–Crippen LogP) is 5.11. The van der Waals surface area contributed by atoms with Crippen LogP contribution in [0.5, 0.6) is 0 Å². The van der Waals surface area contributed by atoms with Gasteiger partial charge in [-0.05, 0) is 67.9 Å². The van der Waals surface area contributed by atoms with Gasteiger partial charge in [0.2, 0.25) is 0 Å². The molecule has 0 saturated carbocycles. The van der Waals surface area contributed by atoms with Gasteiger partial charge >= 0.3 is 6.18 Å². The molecule has 34 heavy (non-hydrogen) atoms. The van der Waals surface area contributed by atoms with Crippen molar-refractivity contribution in [3.8, 4) is 16.8 Å². The first-order valence-corrected chi connectivity index (χ1v) is 11.1. The van der Waals surface area contributed by atoms with Crippen LogP contribution in [0.25, 0.3) is 27.7 Å². The van der Waals surface area contributed by atoms with E-state index in [0.717, 1.165) is 49.2 Å². The second-order valence-corrected chi connectivity index (χ2v) is 8.48. The second kappa shape index (κ2) is 8.72. The van der Waals surface area contributed by atoms with Gasteiger partial charge in [-0.25, -0.2) is 4.39 Å². The highest BCUT2D eigenvalue weighted by Crippen LogP contribution is 2.32. The number of hydrogen-bond acceptors (Lipinski definition) is 3. The van der Waals surface area contributed by atoms with Crippen LogP contribution in [0, 0.1) is 5.82 Å². The summed E-state index contributed by atoms with van der Waals surface area (Å²) >= 11 is 0. The third-order valence-electron chi connectivity index (χ3n) is 6.26. The van der Waals surface area contributed by atoms with Gasteiger partial charge in [-0.1, -0.05) is 6.07 Å². The van der Waals surface area contributed by atoms with Crippen LogP contribution in [-0.4, -0.2) is 38.9 Å². The smallest absolute Gasteiger partial charge is 0.301 e. The largest absolute Gasteiger partial charge is 0.416 e. The number of alkyl halides is 3. The van der Waals surface area contributed by atoms with Crippen molar-refractivity contribution in [2.75, 3.05) is 19.6 Å². The maximum atomic E-state index is 14.3. The summed E-state index contributed by atoms with van der Waals surface area (Å²) in [6.07, 6.45) is 1.10. The summed E-state index contributed by atoms with van der Waals surface area (Å²) in [5.74, 6) is -1.03. The van der Waals surface area contributed by atoms with E-state index < -0.39 is 23.1 Å². The molecular formula is C25H22F4N4O. The molecular weight excluding hydrogens is 448 g/mol. The van der Waals surface area contributed by atoms with E-state index in [2.05, 4.69) is 10.00 Å². The molecule has 0 atom stereocenters. The molecule has 176 valence electrons. The fourth-order valence-corrected chi connectivity index (χ4v) is 4.43. The number of halogens is 4. The van der Waals surface area contributed by atoms with Crippen molar-refractivity contribution in [1.82, 2.24) is 19.2 Å². The highest BCUT2D eigenvalue weighted by Gasteiger charge is 2.31. The monoisotopic (exact) mass is 470 g/mol. The molecule has 1 fully saturated rings. The molecule has 0 unspecified atom stereocenters. The van der Waals surface area contributed by atoms with E-state index in [-0.39, 0.29) is 11.1 Å². The Morgan fingerprint density at radius 3 is 2.44 bits per heavy atom. The van der Waals surface area contributed by atoms with Gasteiger partial charge in [0.15, 0.2) is 0 Å². The van der Waals surface area contributed by atoms with Crippen molar-refractivity contribution in [2.45, 2.75) is 25.6 Å². The van der Waals surface area contributed by atoms with E-state index >= 15 is 0 Å². The number of fused-ring (bicyclic) bond motifs is 1. The molecule has 0 aliphatic carbocycles.